The van der Waals surface area contributed by atoms with Crippen LogP contribution in [0.15, 0.2) is 45.5 Å². The molecule has 1 aromatic heterocycles. The maximum Gasteiger partial charge on any atom is 0.287 e. The van der Waals surface area contributed by atoms with E-state index >= 15 is 0 Å². The van der Waals surface area contributed by atoms with E-state index in [2.05, 4.69) is 21.2 Å². The van der Waals surface area contributed by atoms with Gasteiger partial charge in [-0.25, -0.2) is 0 Å². The fraction of sp³-hybridized carbons (Fsp3) is 0.154. The Balaban J connectivity index is 1.99. The second kappa shape index (κ2) is 5.19. The number of hydrogen-bond acceptors (Lipinski definition) is 2. The van der Waals surface area contributed by atoms with Gasteiger partial charge in [-0.1, -0.05) is 24.3 Å². The normalized spacial score (nSPS) is 10.2. The molecule has 0 unspecified atom stereocenters. The van der Waals surface area contributed by atoms with E-state index in [-0.39, 0.29) is 5.91 Å². The number of furan rings is 1. The molecule has 0 saturated heterocycles. The first-order valence-corrected chi connectivity index (χ1v) is 6.04. The lowest BCUT2D eigenvalue weighted by Crippen LogP contribution is -2.22. The van der Waals surface area contributed by atoms with Gasteiger partial charge in [0.2, 0.25) is 0 Å². The minimum atomic E-state index is -0.209. The summed E-state index contributed by atoms with van der Waals surface area (Å²) in [4.78, 5) is 11.7. The summed E-state index contributed by atoms with van der Waals surface area (Å²) in [5.74, 6) is 0.101. The van der Waals surface area contributed by atoms with Crippen LogP contribution < -0.4 is 5.32 Å². The van der Waals surface area contributed by atoms with Crippen molar-refractivity contribution in [1.29, 1.82) is 0 Å². The van der Waals surface area contributed by atoms with E-state index in [1.165, 1.54) is 0 Å². The van der Waals surface area contributed by atoms with Crippen LogP contribution in [0.3, 0.4) is 0 Å². The van der Waals surface area contributed by atoms with Crippen molar-refractivity contribution in [2.45, 2.75) is 13.5 Å². The Kier molecular flexibility index (Phi) is 3.64. The minimum absolute atomic E-state index is 0.209. The lowest BCUT2D eigenvalue weighted by molar-refractivity contribution is 0.0922. The van der Waals surface area contributed by atoms with Gasteiger partial charge in [-0.15, -0.1) is 0 Å². The third-order valence-corrected chi connectivity index (χ3v) is 2.92. The van der Waals surface area contributed by atoms with Crippen molar-refractivity contribution in [2.75, 3.05) is 0 Å². The molecule has 0 spiro atoms. The Bertz CT molecular complexity index is 534. The summed E-state index contributed by atoms with van der Waals surface area (Å²) < 4.78 is 5.72. The molecule has 1 N–H and O–H groups in total. The molecule has 3 nitrogen and oxygen atoms in total. The molecule has 1 aromatic carbocycles. The Morgan fingerprint density at radius 2 is 2.06 bits per heavy atom. The maximum atomic E-state index is 11.7. The maximum absolute atomic E-state index is 11.7. The molecule has 0 radical (unpaired) electrons. The highest BCUT2D eigenvalue weighted by molar-refractivity contribution is 9.10. The van der Waals surface area contributed by atoms with Gasteiger partial charge in [-0.05, 0) is 46.1 Å². The molecule has 0 saturated carbocycles. The van der Waals surface area contributed by atoms with Crippen LogP contribution in [0, 0.1) is 6.92 Å². The number of rotatable bonds is 3. The van der Waals surface area contributed by atoms with Gasteiger partial charge in [0.15, 0.2) is 10.4 Å². The number of carbonyl (C=O) groups is 1. The van der Waals surface area contributed by atoms with Gasteiger partial charge in [0.25, 0.3) is 5.91 Å². The van der Waals surface area contributed by atoms with Crippen molar-refractivity contribution in [3.05, 3.63) is 58.0 Å². The zero-order valence-electron chi connectivity index (χ0n) is 9.37. The highest BCUT2D eigenvalue weighted by Gasteiger charge is 2.09. The molecule has 17 heavy (non-hydrogen) atoms. The fourth-order valence-corrected chi connectivity index (χ4v) is 1.81. The van der Waals surface area contributed by atoms with Crippen LogP contribution in [0.25, 0.3) is 0 Å². The van der Waals surface area contributed by atoms with Gasteiger partial charge in [0, 0.05) is 6.54 Å². The van der Waals surface area contributed by atoms with Crippen LogP contribution in [0.1, 0.15) is 21.7 Å². The quantitative estimate of drug-likeness (QED) is 0.944. The number of hydrogen-bond donors (Lipinski definition) is 1. The average molecular weight is 294 g/mol. The summed E-state index contributed by atoms with van der Waals surface area (Å²) >= 11 is 3.16. The van der Waals surface area contributed by atoms with Crippen LogP contribution in [0.2, 0.25) is 0 Å². The Morgan fingerprint density at radius 3 is 2.71 bits per heavy atom. The van der Waals surface area contributed by atoms with Crippen LogP contribution in [0.5, 0.6) is 0 Å². The summed E-state index contributed by atoms with van der Waals surface area (Å²) in [7, 11) is 0. The number of benzene rings is 1. The Labute approximate surface area is 108 Å². The van der Waals surface area contributed by atoms with E-state index in [4.69, 9.17) is 4.42 Å². The molecule has 88 valence electrons. The van der Waals surface area contributed by atoms with Crippen molar-refractivity contribution >= 4 is 21.8 Å². The van der Waals surface area contributed by atoms with Gasteiger partial charge in [0.1, 0.15) is 0 Å². The SMILES string of the molecule is Cc1ccccc1CNC(=O)c1ccc(Br)o1. The summed E-state index contributed by atoms with van der Waals surface area (Å²) in [6.45, 7) is 2.52. The molecule has 0 aliphatic heterocycles. The van der Waals surface area contributed by atoms with Crippen molar-refractivity contribution in [3.63, 3.8) is 0 Å². The molecule has 0 bridgehead atoms. The van der Waals surface area contributed by atoms with Gasteiger partial charge in [-0.3, -0.25) is 4.79 Å². The van der Waals surface area contributed by atoms with Crippen LogP contribution in [-0.4, -0.2) is 5.91 Å². The first kappa shape index (κ1) is 11.9. The molecule has 2 aromatic rings. The average Bonchev–Trinajstić information content (AvgIpc) is 2.74. The molecule has 0 aliphatic carbocycles. The first-order chi connectivity index (χ1) is 8.16. The molecule has 1 amide bonds. The number of halogens is 1. The largest absolute Gasteiger partial charge is 0.444 e. The van der Waals surface area contributed by atoms with Gasteiger partial charge in [0.05, 0.1) is 0 Å². The smallest absolute Gasteiger partial charge is 0.287 e. The molecule has 1 heterocycles. The molecular formula is C13H12BrNO2. The standard InChI is InChI=1S/C13H12BrNO2/c1-9-4-2-3-5-10(9)8-15-13(16)11-6-7-12(14)17-11/h2-7H,8H2,1H3,(H,15,16). The van der Waals surface area contributed by atoms with E-state index in [0.29, 0.717) is 17.0 Å². The molecule has 0 aliphatic rings. The predicted molar refractivity (Wildman–Crippen MR) is 68.8 cm³/mol. The van der Waals surface area contributed by atoms with Crippen molar-refractivity contribution in [2.24, 2.45) is 0 Å². The van der Waals surface area contributed by atoms with Crippen LogP contribution >= 0.6 is 15.9 Å². The zero-order valence-corrected chi connectivity index (χ0v) is 11.0. The lowest BCUT2D eigenvalue weighted by atomic mass is 10.1. The second-order valence-electron chi connectivity index (χ2n) is 3.71. The van der Waals surface area contributed by atoms with E-state index in [0.717, 1.165) is 11.1 Å². The molecular weight excluding hydrogens is 282 g/mol. The molecule has 2 rings (SSSR count). The number of carbonyl (C=O) groups excluding carboxylic acids is 1. The topological polar surface area (TPSA) is 42.2 Å². The van der Waals surface area contributed by atoms with Crippen molar-refractivity contribution in [3.8, 4) is 0 Å². The highest BCUT2D eigenvalue weighted by atomic mass is 79.9. The second-order valence-corrected chi connectivity index (χ2v) is 4.49. The third-order valence-electron chi connectivity index (χ3n) is 2.50. The van der Waals surface area contributed by atoms with Gasteiger partial charge >= 0.3 is 0 Å². The number of nitrogens with one attached hydrogen (secondary N) is 1. The van der Waals surface area contributed by atoms with E-state index < -0.39 is 0 Å². The zero-order chi connectivity index (χ0) is 12.3. The summed E-state index contributed by atoms with van der Waals surface area (Å²) in [6.07, 6.45) is 0. The Hall–Kier alpha value is -1.55. The molecule has 4 heteroatoms. The van der Waals surface area contributed by atoms with Crippen LogP contribution in [0.4, 0.5) is 0 Å². The third kappa shape index (κ3) is 2.97. The predicted octanol–water partition coefficient (Wildman–Crippen LogP) is 3.28. The van der Waals surface area contributed by atoms with E-state index in [9.17, 15) is 4.79 Å². The van der Waals surface area contributed by atoms with Crippen molar-refractivity contribution in [1.82, 2.24) is 5.32 Å². The first-order valence-electron chi connectivity index (χ1n) is 5.25. The van der Waals surface area contributed by atoms with E-state index in [1.807, 2.05) is 31.2 Å². The number of aryl methyl sites for hydroxylation is 1. The number of amides is 1. The lowest BCUT2D eigenvalue weighted by Gasteiger charge is -2.06. The highest BCUT2D eigenvalue weighted by Crippen LogP contribution is 2.14. The Morgan fingerprint density at radius 1 is 1.29 bits per heavy atom. The molecule has 0 atom stereocenters. The van der Waals surface area contributed by atoms with Crippen molar-refractivity contribution < 1.29 is 9.21 Å². The molecule has 0 fully saturated rings. The van der Waals surface area contributed by atoms with Gasteiger partial charge in [-0.2, -0.15) is 0 Å². The fourth-order valence-electron chi connectivity index (χ4n) is 1.51. The summed E-state index contributed by atoms with van der Waals surface area (Å²) in [6, 6.07) is 11.3. The van der Waals surface area contributed by atoms with E-state index in [1.54, 1.807) is 12.1 Å². The summed E-state index contributed by atoms with van der Waals surface area (Å²) in [5, 5.41) is 2.82. The monoisotopic (exact) mass is 293 g/mol. The van der Waals surface area contributed by atoms with Gasteiger partial charge < -0.3 is 9.73 Å². The minimum Gasteiger partial charge on any atom is -0.444 e. The van der Waals surface area contributed by atoms with Crippen LogP contribution in [-0.2, 0) is 6.54 Å². The summed E-state index contributed by atoms with van der Waals surface area (Å²) in [5.41, 5.74) is 2.26.